The van der Waals surface area contributed by atoms with Gasteiger partial charge in [-0.25, -0.2) is 4.98 Å². The summed E-state index contributed by atoms with van der Waals surface area (Å²) >= 11 is 12.1. The van der Waals surface area contributed by atoms with Crippen LogP contribution in [0.25, 0.3) is 0 Å². The lowest BCUT2D eigenvalue weighted by Gasteiger charge is -2.22. The molecule has 0 saturated heterocycles. The number of amides is 2. The fourth-order valence-corrected chi connectivity index (χ4v) is 3.59. The molecule has 2 amide bonds. The standard InChI is InChI=1S/C24H22Cl2N4O5/c1-30(7-2-8-34-15-32)24(33)22-20(9-16-3-5-17(25)6-4-16)21(13-28-23(22)29-14-31)35-19-10-18(26)11-27-12-19/h3-6,10-15H,2,7-9H2,1H3,(H,28,29,31). The van der Waals surface area contributed by atoms with Gasteiger partial charge in [-0.05, 0) is 24.1 Å². The van der Waals surface area contributed by atoms with Crippen LogP contribution in [0.2, 0.25) is 10.0 Å². The van der Waals surface area contributed by atoms with Gasteiger partial charge in [-0.15, -0.1) is 0 Å². The highest BCUT2D eigenvalue weighted by atomic mass is 35.5. The number of hydrogen-bond acceptors (Lipinski definition) is 7. The molecule has 11 heteroatoms. The van der Waals surface area contributed by atoms with Gasteiger partial charge in [-0.2, -0.15) is 0 Å². The number of carbonyl (C=O) groups is 3. The third kappa shape index (κ3) is 7.14. The lowest BCUT2D eigenvalue weighted by molar-refractivity contribution is -0.128. The van der Waals surface area contributed by atoms with Crippen molar-refractivity contribution in [1.82, 2.24) is 14.9 Å². The number of nitrogens with one attached hydrogen (secondary N) is 1. The topological polar surface area (TPSA) is 111 Å². The van der Waals surface area contributed by atoms with E-state index >= 15 is 0 Å². The number of hydrogen-bond donors (Lipinski definition) is 1. The smallest absolute Gasteiger partial charge is 0.293 e. The molecule has 0 spiro atoms. The molecule has 0 aliphatic rings. The maximum absolute atomic E-state index is 13.5. The Labute approximate surface area is 212 Å². The molecule has 3 rings (SSSR count). The number of anilines is 1. The van der Waals surface area contributed by atoms with Gasteiger partial charge >= 0.3 is 0 Å². The molecule has 0 atom stereocenters. The first-order valence-electron chi connectivity index (χ1n) is 10.5. The Balaban J connectivity index is 2.07. The van der Waals surface area contributed by atoms with Crippen LogP contribution >= 0.6 is 23.2 Å². The van der Waals surface area contributed by atoms with E-state index in [-0.39, 0.29) is 24.4 Å². The molecule has 2 aromatic heterocycles. The van der Waals surface area contributed by atoms with Crippen molar-refractivity contribution in [2.24, 2.45) is 0 Å². The molecule has 0 fully saturated rings. The van der Waals surface area contributed by atoms with Crippen molar-refractivity contribution in [1.29, 1.82) is 0 Å². The average molecular weight is 517 g/mol. The van der Waals surface area contributed by atoms with Gasteiger partial charge in [0, 0.05) is 42.9 Å². The van der Waals surface area contributed by atoms with E-state index in [9.17, 15) is 14.4 Å². The number of halogens is 2. The Morgan fingerprint density at radius 3 is 2.57 bits per heavy atom. The maximum Gasteiger partial charge on any atom is 0.293 e. The summed E-state index contributed by atoms with van der Waals surface area (Å²) in [6.07, 6.45) is 5.53. The highest BCUT2D eigenvalue weighted by Crippen LogP contribution is 2.34. The molecular formula is C24H22Cl2N4O5. The molecule has 1 aromatic carbocycles. The number of benzene rings is 1. The summed E-state index contributed by atoms with van der Waals surface area (Å²) in [5, 5.41) is 3.45. The third-order valence-corrected chi connectivity index (χ3v) is 5.39. The number of aromatic nitrogens is 2. The largest absolute Gasteiger partial charge is 0.468 e. The van der Waals surface area contributed by atoms with Gasteiger partial charge in [0.2, 0.25) is 6.41 Å². The van der Waals surface area contributed by atoms with Crippen molar-refractivity contribution in [2.75, 3.05) is 25.5 Å². The first-order chi connectivity index (χ1) is 16.9. The summed E-state index contributed by atoms with van der Waals surface area (Å²) in [5.74, 6) is 0.333. The van der Waals surface area contributed by atoms with Crippen molar-refractivity contribution < 1.29 is 23.9 Å². The van der Waals surface area contributed by atoms with E-state index in [1.807, 2.05) is 12.1 Å². The number of carbonyl (C=O) groups excluding carboxylic acids is 3. The Bertz CT molecular complexity index is 1190. The van der Waals surface area contributed by atoms with E-state index < -0.39 is 5.91 Å². The second-order valence-corrected chi connectivity index (χ2v) is 8.25. The Hall–Kier alpha value is -3.69. The molecule has 3 aromatic rings. The van der Waals surface area contributed by atoms with Crippen molar-refractivity contribution in [3.8, 4) is 11.5 Å². The molecule has 9 nitrogen and oxygen atoms in total. The summed E-state index contributed by atoms with van der Waals surface area (Å²) in [6.45, 7) is 0.825. The Morgan fingerprint density at radius 1 is 1.11 bits per heavy atom. The van der Waals surface area contributed by atoms with Crippen LogP contribution in [0.4, 0.5) is 5.82 Å². The highest BCUT2D eigenvalue weighted by Gasteiger charge is 2.25. The van der Waals surface area contributed by atoms with E-state index in [4.69, 9.17) is 32.7 Å². The molecule has 0 saturated carbocycles. The van der Waals surface area contributed by atoms with Crippen LogP contribution in [0.1, 0.15) is 27.9 Å². The lowest BCUT2D eigenvalue weighted by Crippen LogP contribution is -2.30. The zero-order valence-corrected chi connectivity index (χ0v) is 20.3. The normalized spacial score (nSPS) is 10.4. The van der Waals surface area contributed by atoms with E-state index in [1.165, 1.54) is 23.5 Å². The first-order valence-corrected chi connectivity index (χ1v) is 11.2. The molecule has 2 heterocycles. The van der Waals surface area contributed by atoms with Crippen molar-refractivity contribution in [3.05, 3.63) is 75.7 Å². The summed E-state index contributed by atoms with van der Waals surface area (Å²) in [5.41, 5.74) is 1.51. The zero-order chi connectivity index (χ0) is 25.2. The van der Waals surface area contributed by atoms with Gasteiger partial charge in [-0.3, -0.25) is 19.4 Å². The first kappa shape index (κ1) is 25.9. The van der Waals surface area contributed by atoms with Gasteiger partial charge in [0.15, 0.2) is 0 Å². The minimum atomic E-state index is -0.397. The molecule has 0 bridgehead atoms. The van der Waals surface area contributed by atoms with Crippen LogP contribution in [0.3, 0.4) is 0 Å². The average Bonchev–Trinajstić information content (AvgIpc) is 2.84. The monoisotopic (exact) mass is 516 g/mol. The van der Waals surface area contributed by atoms with Gasteiger partial charge < -0.3 is 19.7 Å². The summed E-state index contributed by atoms with van der Waals surface area (Å²) in [4.78, 5) is 44.9. The quantitative estimate of drug-likeness (QED) is 0.281. The lowest BCUT2D eigenvalue weighted by atomic mass is 9.98. The highest BCUT2D eigenvalue weighted by molar-refractivity contribution is 6.30. The Morgan fingerprint density at radius 2 is 1.89 bits per heavy atom. The zero-order valence-electron chi connectivity index (χ0n) is 18.7. The fourth-order valence-electron chi connectivity index (χ4n) is 3.30. The number of pyridine rings is 2. The maximum atomic E-state index is 13.5. The van der Waals surface area contributed by atoms with Crippen molar-refractivity contribution in [3.63, 3.8) is 0 Å². The van der Waals surface area contributed by atoms with Crippen molar-refractivity contribution >= 4 is 47.8 Å². The number of nitrogens with zero attached hydrogens (tertiary/aromatic N) is 3. The summed E-state index contributed by atoms with van der Waals surface area (Å²) in [6, 6.07) is 8.72. The predicted octanol–water partition coefficient (Wildman–Crippen LogP) is 4.37. The SMILES string of the molecule is CN(CCCOC=O)C(=O)c1c(NC=O)ncc(Oc2cncc(Cl)c2)c1Cc1ccc(Cl)cc1. The number of ether oxygens (including phenoxy) is 2. The van der Waals surface area contributed by atoms with Crippen LogP contribution in [0, 0.1) is 0 Å². The number of rotatable bonds is 12. The minimum Gasteiger partial charge on any atom is -0.468 e. The molecule has 0 aliphatic carbocycles. The van der Waals surface area contributed by atoms with Crippen LogP contribution in [-0.4, -0.2) is 53.9 Å². The van der Waals surface area contributed by atoms with Gasteiger partial charge in [0.25, 0.3) is 12.4 Å². The molecule has 1 N–H and O–H groups in total. The summed E-state index contributed by atoms with van der Waals surface area (Å²) < 4.78 is 10.7. The van der Waals surface area contributed by atoms with E-state index in [2.05, 4.69) is 15.3 Å². The van der Waals surface area contributed by atoms with E-state index in [1.54, 1.807) is 25.2 Å². The van der Waals surface area contributed by atoms with Gasteiger partial charge in [-0.1, -0.05) is 35.3 Å². The summed E-state index contributed by atoms with van der Waals surface area (Å²) in [7, 11) is 1.61. The molecule has 182 valence electrons. The van der Waals surface area contributed by atoms with Crippen LogP contribution in [-0.2, 0) is 20.7 Å². The molecule has 0 aliphatic heterocycles. The second kappa shape index (κ2) is 12.7. The van der Waals surface area contributed by atoms with Crippen LogP contribution in [0.5, 0.6) is 11.5 Å². The third-order valence-electron chi connectivity index (χ3n) is 4.93. The van der Waals surface area contributed by atoms with E-state index in [0.717, 1.165) is 5.56 Å². The predicted molar refractivity (Wildman–Crippen MR) is 131 cm³/mol. The van der Waals surface area contributed by atoms with Gasteiger partial charge in [0.1, 0.15) is 17.3 Å². The molecule has 35 heavy (non-hydrogen) atoms. The minimum absolute atomic E-state index is 0.0847. The van der Waals surface area contributed by atoms with Crippen molar-refractivity contribution in [2.45, 2.75) is 12.8 Å². The van der Waals surface area contributed by atoms with Crippen LogP contribution < -0.4 is 10.1 Å². The Kier molecular flexibility index (Phi) is 9.39. The van der Waals surface area contributed by atoms with Gasteiger partial charge in [0.05, 0.1) is 29.6 Å². The van der Waals surface area contributed by atoms with Crippen LogP contribution in [0.15, 0.2) is 48.9 Å². The van der Waals surface area contributed by atoms with E-state index in [0.29, 0.717) is 53.0 Å². The molecular weight excluding hydrogens is 495 g/mol. The second-order valence-electron chi connectivity index (χ2n) is 7.38. The molecule has 0 radical (unpaired) electrons. The molecule has 0 unspecified atom stereocenters. The fraction of sp³-hybridized carbons (Fsp3) is 0.208.